The van der Waals surface area contributed by atoms with Crippen molar-refractivity contribution in [2.75, 3.05) is 6.54 Å². The lowest BCUT2D eigenvalue weighted by atomic mass is 9.84. The highest BCUT2D eigenvalue weighted by molar-refractivity contribution is 6.30. The molecule has 0 bridgehead atoms. The lowest BCUT2D eigenvalue weighted by Crippen LogP contribution is -2.56. The van der Waals surface area contributed by atoms with Gasteiger partial charge >= 0.3 is 6.09 Å². The third-order valence-corrected chi connectivity index (χ3v) is 7.72. The molecule has 1 aliphatic heterocycles. The van der Waals surface area contributed by atoms with E-state index >= 15 is 0 Å². The van der Waals surface area contributed by atoms with Gasteiger partial charge in [-0.05, 0) is 76.6 Å². The standard InChI is InChI=1S/C30H30ClN7O4/c1-19(28(39)32-17-24-15-25(31)11-12-26(24)38-18-33-35-36-38)34-29(40)27-16-23(13-14-37(27)30(41)42)22-9-7-21(8-10-22)20-5-3-2-4-6-20/h2-12,15,18-19,23,27H,13-14,16-17H2,1H3,(H,32,39)(H,34,40)(H,41,42)/t19-,23?,27?/m0/s1. The summed E-state index contributed by atoms with van der Waals surface area (Å²) in [6.45, 7) is 1.88. The number of nitrogens with one attached hydrogen (secondary N) is 2. The molecule has 216 valence electrons. The first-order valence-electron chi connectivity index (χ1n) is 13.5. The molecular weight excluding hydrogens is 558 g/mol. The number of carbonyl (C=O) groups is 3. The predicted octanol–water partition coefficient (Wildman–Crippen LogP) is 4.03. The Hall–Kier alpha value is -4.77. The lowest BCUT2D eigenvalue weighted by molar-refractivity contribution is -0.132. The second kappa shape index (κ2) is 12.8. The zero-order valence-corrected chi connectivity index (χ0v) is 23.6. The summed E-state index contributed by atoms with van der Waals surface area (Å²) in [6.07, 6.45) is 1.18. The van der Waals surface area contributed by atoms with Crippen molar-refractivity contribution in [1.82, 2.24) is 35.7 Å². The van der Waals surface area contributed by atoms with Crippen LogP contribution in [-0.4, -0.2) is 66.7 Å². The summed E-state index contributed by atoms with van der Waals surface area (Å²) in [6, 6.07) is 21.5. The minimum Gasteiger partial charge on any atom is -0.465 e. The zero-order chi connectivity index (χ0) is 29.6. The minimum atomic E-state index is -1.17. The van der Waals surface area contributed by atoms with Crippen molar-refractivity contribution >= 4 is 29.5 Å². The van der Waals surface area contributed by atoms with E-state index in [2.05, 4.69) is 26.2 Å². The number of piperidine rings is 1. The highest BCUT2D eigenvalue weighted by atomic mass is 35.5. The van der Waals surface area contributed by atoms with Crippen LogP contribution in [0.3, 0.4) is 0 Å². The van der Waals surface area contributed by atoms with Gasteiger partial charge in [-0.1, -0.05) is 66.2 Å². The first-order chi connectivity index (χ1) is 20.3. The van der Waals surface area contributed by atoms with Gasteiger partial charge in [-0.25, -0.2) is 9.48 Å². The van der Waals surface area contributed by atoms with Crippen molar-refractivity contribution in [3.05, 3.63) is 95.3 Å². The number of hydrogen-bond donors (Lipinski definition) is 3. The first kappa shape index (κ1) is 28.7. The monoisotopic (exact) mass is 587 g/mol. The quantitative estimate of drug-likeness (QED) is 0.282. The van der Waals surface area contributed by atoms with Gasteiger partial charge in [0.15, 0.2) is 0 Å². The number of rotatable bonds is 8. The van der Waals surface area contributed by atoms with Gasteiger partial charge in [-0.15, -0.1) is 5.10 Å². The fourth-order valence-corrected chi connectivity index (χ4v) is 5.42. The van der Waals surface area contributed by atoms with Crippen LogP contribution in [0, 0.1) is 0 Å². The van der Waals surface area contributed by atoms with Crippen LogP contribution in [0.4, 0.5) is 4.79 Å². The van der Waals surface area contributed by atoms with E-state index in [0.717, 1.165) is 21.6 Å². The molecule has 0 radical (unpaired) electrons. The topological polar surface area (TPSA) is 142 Å². The molecule has 0 aliphatic carbocycles. The van der Waals surface area contributed by atoms with Gasteiger partial charge in [-0.3, -0.25) is 14.5 Å². The number of tetrazole rings is 1. The number of hydrogen-bond acceptors (Lipinski definition) is 6. The fraction of sp³-hybridized carbons (Fsp3) is 0.267. The SMILES string of the molecule is C[C@H](NC(=O)C1CC(c2ccc(-c3ccccc3)cc2)CCN1C(=O)O)C(=O)NCc1cc(Cl)ccc1-n1cnnn1. The Morgan fingerprint density at radius 1 is 1.05 bits per heavy atom. The van der Waals surface area contributed by atoms with Crippen LogP contribution in [0.1, 0.15) is 36.8 Å². The molecule has 1 saturated heterocycles. The molecule has 3 N–H and O–H groups in total. The summed E-state index contributed by atoms with van der Waals surface area (Å²) >= 11 is 6.16. The summed E-state index contributed by atoms with van der Waals surface area (Å²) < 4.78 is 1.46. The molecule has 3 amide bonds. The van der Waals surface area contributed by atoms with E-state index in [1.54, 1.807) is 25.1 Å². The molecule has 3 aromatic carbocycles. The number of halogens is 1. The van der Waals surface area contributed by atoms with Gasteiger partial charge in [0.05, 0.1) is 5.69 Å². The highest BCUT2D eigenvalue weighted by Crippen LogP contribution is 2.33. The lowest BCUT2D eigenvalue weighted by Gasteiger charge is -2.37. The van der Waals surface area contributed by atoms with Gasteiger partial charge in [0.1, 0.15) is 18.4 Å². The first-order valence-corrected chi connectivity index (χ1v) is 13.9. The van der Waals surface area contributed by atoms with Crippen LogP contribution in [-0.2, 0) is 16.1 Å². The minimum absolute atomic E-state index is 0.00201. The van der Waals surface area contributed by atoms with Crippen molar-refractivity contribution in [2.24, 2.45) is 0 Å². The Morgan fingerprint density at radius 2 is 1.79 bits per heavy atom. The smallest absolute Gasteiger partial charge is 0.407 e. The molecule has 1 aromatic heterocycles. The maximum Gasteiger partial charge on any atom is 0.407 e. The second-order valence-electron chi connectivity index (χ2n) is 10.2. The van der Waals surface area contributed by atoms with Gasteiger partial charge < -0.3 is 15.7 Å². The highest BCUT2D eigenvalue weighted by Gasteiger charge is 2.37. The number of carboxylic acid groups (broad SMARTS) is 1. The number of amides is 3. The maximum atomic E-state index is 13.3. The Morgan fingerprint density at radius 3 is 2.48 bits per heavy atom. The van der Waals surface area contributed by atoms with Crippen LogP contribution >= 0.6 is 11.6 Å². The van der Waals surface area contributed by atoms with Gasteiger partial charge in [0.2, 0.25) is 11.8 Å². The van der Waals surface area contributed by atoms with Crippen molar-refractivity contribution in [2.45, 2.75) is 44.3 Å². The molecule has 3 atom stereocenters. The van der Waals surface area contributed by atoms with Crippen LogP contribution in [0.25, 0.3) is 16.8 Å². The molecule has 1 aliphatic rings. The summed E-state index contributed by atoms with van der Waals surface area (Å²) in [4.78, 5) is 39.4. The molecule has 0 spiro atoms. The van der Waals surface area contributed by atoms with Crippen molar-refractivity contribution in [3.63, 3.8) is 0 Å². The predicted molar refractivity (Wildman–Crippen MR) is 156 cm³/mol. The number of carbonyl (C=O) groups excluding carboxylic acids is 2. The summed E-state index contributed by atoms with van der Waals surface area (Å²) in [5.74, 6) is -0.947. The molecule has 42 heavy (non-hydrogen) atoms. The Kier molecular flexibility index (Phi) is 8.77. The third-order valence-electron chi connectivity index (χ3n) is 7.48. The Labute approximate surface area is 247 Å². The number of nitrogens with zero attached hydrogens (tertiary/aromatic N) is 5. The molecule has 1 fully saturated rings. The zero-order valence-electron chi connectivity index (χ0n) is 22.9. The summed E-state index contributed by atoms with van der Waals surface area (Å²) in [5, 5.41) is 27.0. The van der Waals surface area contributed by atoms with E-state index in [-0.39, 0.29) is 19.0 Å². The van der Waals surface area contributed by atoms with Crippen molar-refractivity contribution in [3.8, 4) is 16.8 Å². The average Bonchev–Trinajstić information content (AvgIpc) is 3.55. The van der Waals surface area contributed by atoms with Gasteiger partial charge in [0.25, 0.3) is 0 Å². The van der Waals surface area contributed by atoms with Crippen LogP contribution in [0.5, 0.6) is 0 Å². The van der Waals surface area contributed by atoms with E-state index < -0.39 is 30.0 Å². The van der Waals surface area contributed by atoms with E-state index in [9.17, 15) is 19.5 Å². The number of aromatic nitrogens is 4. The molecular formula is C30H30ClN7O4. The third kappa shape index (κ3) is 6.58. The fourth-order valence-electron chi connectivity index (χ4n) is 5.23. The van der Waals surface area contributed by atoms with Crippen LogP contribution in [0.15, 0.2) is 79.1 Å². The maximum absolute atomic E-state index is 13.3. The van der Waals surface area contributed by atoms with Crippen LogP contribution in [0.2, 0.25) is 5.02 Å². The van der Waals surface area contributed by atoms with Crippen LogP contribution < -0.4 is 10.6 Å². The van der Waals surface area contributed by atoms with E-state index in [1.807, 2.05) is 54.6 Å². The molecule has 11 nitrogen and oxygen atoms in total. The normalized spacial score (nSPS) is 17.3. The Bertz CT molecular complexity index is 1550. The summed E-state index contributed by atoms with van der Waals surface area (Å²) in [7, 11) is 0. The molecule has 12 heteroatoms. The number of likely N-dealkylation sites (tertiary alicyclic amines) is 1. The molecule has 2 heterocycles. The van der Waals surface area contributed by atoms with E-state index in [1.165, 1.54) is 11.0 Å². The second-order valence-corrected chi connectivity index (χ2v) is 10.6. The van der Waals surface area contributed by atoms with E-state index in [0.29, 0.717) is 29.1 Å². The molecule has 2 unspecified atom stereocenters. The van der Waals surface area contributed by atoms with Gasteiger partial charge in [0, 0.05) is 18.1 Å². The average molecular weight is 588 g/mol. The van der Waals surface area contributed by atoms with Gasteiger partial charge in [-0.2, -0.15) is 0 Å². The van der Waals surface area contributed by atoms with E-state index in [4.69, 9.17) is 11.6 Å². The Balaban J connectivity index is 1.23. The molecule has 0 saturated carbocycles. The van der Waals surface area contributed by atoms with Crippen molar-refractivity contribution < 1.29 is 19.5 Å². The van der Waals surface area contributed by atoms with Crippen molar-refractivity contribution in [1.29, 1.82) is 0 Å². The number of benzene rings is 3. The largest absolute Gasteiger partial charge is 0.465 e. The molecule has 4 aromatic rings. The molecule has 5 rings (SSSR count). The summed E-state index contributed by atoms with van der Waals surface area (Å²) in [5.41, 5.74) is 4.55.